The minimum atomic E-state index is -0.807. The van der Waals surface area contributed by atoms with Crippen LogP contribution in [0.1, 0.15) is 24.2 Å². The lowest BCUT2D eigenvalue weighted by Crippen LogP contribution is -2.43. The number of aromatic nitrogens is 2. The number of hydrogen-bond donors (Lipinski definition) is 3. The van der Waals surface area contributed by atoms with Crippen molar-refractivity contribution >= 4 is 45.5 Å². The van der Waals surface area contributed by atoms with Crippen LogP contribution < -0.4 is 15.5 Å². The fourth-order valence-electron chi connectivity index (χ4n) is 4.42. The maximum Gasteiger partial charge on any atom is 0.170 e. The van der Waals surface area contributed by atoms with Gasteiger partial charge in [0.2, 0.25) is 0 Å². The first kappa shape index (κ1) is 24.9. The van der Waals surface area contributed by atoms with Crippen molar-refractivity contribution < 1.29 is 14.3 Å². The number of fused-ring (bicyclic) bond motifs is 1. The van der Waals surface area contributed by atoms with Crippen LogP contribution in [0, 0.1) is 11.7 Å². The molecule has 1 aliphatic heterocycles. The van der Waals surface area contributed by atoms with Crippen LogP contribution in [0.25, 0.3) is 22.0 Å². The van der Waals surface area contributed by atoms with E-state index < -0.39 is 11.6 Å². The van der Waals surface area contributed by atoms with Crippen molar-refractivity contribution in [3.05, 3.63) is 71.3 Å². The van der Waals surface area contributed by atoms with Gasteiger partial charge in [0.05, 0.1) is 33.7 Å². The van der Waals surface area contributed by atoms with Crippen LogP contribution in [0.3, 0.4) is 0 Å². The third-order valence-electron chi connectivity index (χ3n) is 6.47. The van der Waals surface area contributed by atoms with Gasteiger partial charge in [-0.3, -0.25) is 9.78 Å². The minimum Gasteiger partial charge on any atom is -0.504 e. The summed E-state index contributed by atoms with van der Waals surface area (Å²) in [4.78, 5) is 24.5. The Morgan fingerprint density at radius 1 is 1.08 bits per heavy atom. The number of hydrogen-bond acceptors (Lipinski definition) is 7. The van der Waals surface area contributed by atoms with Gasteiger partial charge < -0.3 is 20.6 Å². The highest BCUT2D eigenvalue weighted by molar-refractivity contribution is 6.32. The molecule has 2 aromatic carbocycles. The molecule has 0 amide bonds. The number of carbonyl (C=O) groups is 1. The predicted octanol–water partition coefficient (Wildman–Crippen LogP) is 5.79. The number of rotatable bonds is 6. The molecule has 7 nitrogen and oxygen atoms in total. The number of anilines is 3. The van der Waals surface area contributed by atoms with Crippen LogP contribution in [-0.2, 0) is 0 Å². The van der Waals surface area contributed by atoms with E-state index in [-0.39, 0.29) is 16.7 Å². The second-order valence-corrected chi connectivity index (χ2v) is 9.76. The molecule has 4 aromatic rings. The number of nitrogens with one attached hydrogen (secondary N) is 2. The van der Waals surface area contributed by atoms with Gasteiger partial charge in [-0.05, 0) is 47.5 Å². The highest BCUT2D eigenvalue weighted by atomic mass is 35.5. The van der Waals surface area contributed by atoms with Crippen LogP contribution in [0.5, 0.6) is 5.75 Å². The van der Waals surface area contributed by atoms with Gasteiger partial charge in [-0.25, -0.2) is 9.37 Å². The number of halogens is 2. The molecular formula is C28H27ClFN5O2. The third kappa shape index (κ3) is 5.08. The van der Waals surface area contributed by atoms with Crippen molar-refractivity contribution in [2.45, 2.75) is 13.8 Å². The second-order valence-electron chi connectivity index (χ2n) is 9.35. The van der Waals surface area contributed by atoms with E-state index in [9.17, 15) is 14.3 Å². The molecule has 3 N–H and O–H groups in total. The first-order valence-electron chi connectivity index (χ1n) is 12.2. The maximum absolute atomic E-state index is 14.2. The Labute approximate surface area is 219 Å². The number of aromatic hydroxyl groups is 1. The molecule has 0 atom stereocenters. The van der Waals surface area contributed by atoms with E-state index >= 15 is 0 Å². The molecular weight excluding hydrogens is 493 g/mol. The van der Waals surface area contributed by atoms with Crippen LogP contribution in [0.15, 0.2) is 54.9 Å². The molecule has 5 rings (SSSR count). The molecule has 0 radical (unpaired) electrons. The van der Waals surface area contributed by atoms with Crippen molar-refractivity contribution in [3.63, 3.8) is 0 Å². The molecule has 190 valence electrons. The number of benzene rings is 2. The van der Waals surface area contributed by atoms with E-state index in [0.717, 1.165) is 37.7 Å². The number of Topliss-reactive ketones (excluding diaryl/α,β-unsaturated/α-hetero) is 1. The zero-order valence-corrected chi connectivity index (χ0v) is 21.3. The van der Waals surface area contributed by atoms with Gasteiger partial charge in [-0.1, -0.05) is 31.5 Å². The Bertz CT molecular complexity index is 1450. The van der Waals surface area contributed by atoms with Gasteiger partial charge in [-0.15, -0.1) is 0 Å². The van der Waals surface area contributed by atoms with Crippen molar-refractivity contribution in [2.24, 2.45) is 5.92 Å². The predicted molar refractivity (Wildman–Crippen MR) is 146 cm³/mol. The number of phenols is 1. The Morgan fingerprint density at radius 2 is 1.86 bits per heavy atom. The monoisotopic (exact) mass is 519 g/mol. The summed E-state index contributed by atoms with van der Waals surface area (Å²) in [7, 11) is 0. The van der Waals surface area contributed by atoms with E-state index in [4.69, 9.17) is 11.6 Å². The molecule has 0 spiro atoms. The lowest BCUT2D eigenvalue weighted by atomic mass is 9.96. The van der Waals surface area contributed by atoms with Gasteiger partial charge >= 0.3 is 0 Å². The Hall–Kier alpha value is -3.75. The molecule has 9 heteroatoms. The summed E-state index contributed by atoms with van der Waals surface area (Å²) < 4.78 is 14.2. The number of phenolic OH excluding ortho intramolecular Hbond substituents is 1. The maximum atomic E-state index is 14.2. The van der Waals surface area contributed by atoms with Crippen molar-refractivity contribution in [3.8, 4) is 16.9 Å². The summed E-state index contributed by atoms with van der Waals surface area (Å²) >= 11 is 6.02. The zero-order chi connectivity index (χ0) is 26.1. The number of ketones is 1. The minimum absolute atomic E-state index is 0.0496. The van der Waals surface area contributed by atoms with E-state index in [1.807, 2.05) is 38.1 Å². The SMILES string of the molecule is CC(C)C(=O)c1cnc2ccc(-c3cc(F)c(O)c(Cl)c3)cc2c1Nc1ccc(N2CCNCC2)nc1. The average Bonchev–Trinajstić information content (AvgIpc) is 2.92. The zero-order valence-electron chi connectivity index (χ0n) is 20.6. The molecule has 1 saturated heterocycles. The van der Waals surface area contributed by atoms with Crippen molar-refractivity contribution in [2.75, 3.05) is 36.4 Å². The topological polar surface area (TPSA) is 90.4 Å². The number of piperazine rings is 1. The van der Waals surface area contributed by atoms with Crippen LogP contribution in [0.2, 0.25) is 5.02 Å². The summed E-state index contributed by atoms with van der Waals surface area (Å²) in [6.07, 6.45) is 3.35. The summed E-state index contributed by atoms with van der Waals surface area (Å²) in [5, 5.41) is 17.1. The Kier molecular flexibility index (Phi) is 6.95. The van der Waals surface area contributed by atoms with E-state index in [1.54, 1.807) is 18.5 Å². The average molecular weight is 520 g/mol. The van der Waals surface area contributed by atoms with Crippen LogP contribution in [-0.4, -0.2) is 47.0 Å². The molecule has 0 unspecified atom stereocenters. The van der Waals surface area contributed by atoms with Gasteiger partial charge in [0, 0.05) is 43.7 Å². The molecule has 0 saturated carbocycles. The Morgan fingerprint density at radius 3 is 2.54 bits per heavy atom. The van der Waals surface area contributed by atoms with Gasteiger partial charge in [-0.2, -0.15) is 0 Å². The van der Waals surface area contributed by atoms with Gasteiger partial charge in [0.25, 0.3) is 0 Å². The summed E-state index contributed by atoms with van der Waals surface area (Å²) in [5.74, 6) is -0.776. The molecule has 3 heterocycles. The molecule has 0 aliphatic carbocycles. The van der Waals surface area contributed by atoms with Crippen molar-refractivity contribution in [1.29, 1.82) is 0 Å². The number of carbonyl (C=O) groups excluding carboxylic acids is 1. The molecule has 0 bridgehead atoms. The van der Waals surface area contributed by atoms with Crippen molar-refractivity contribution in [1.82, 2.24) is 15.3 Å². The first-order chi connectivity index (χ1) is 17.8. The normalized spacial score (nSPS) is 13.8. The fraction of sp³-hybridized carbons (Fsp3) is 0.250. The molecule has 1 aliphatic rings. The van der Waals surface area contributed by atoms with Crippen LogP contribution in [0.4, 0.5) is 21.6 Å². The van der Waals surface area contributed by atoms with E-state index in [1.165, 1.54) is 12.1 Å². The number of nitrogens with zero attached hydrogens (tertiary/aromatic N) is 3. The standard InChI is InChI=1S/C28H27ClFN5O2/c1-16(2)27(36)21-15-32-24-5-3-17(18-12-22(29)28(37)23(30)13-18)11-20(24)26(21)34-19-4-6-25(33-14-19)35-9-7-31-8-10-35/h3-6,11-16,31,37H,7-10H2,1-2H3,(H,32,34). The molecule has 2 aromatic heterocycles. The van der Waals surface area contributed by atoms with Crippen LogP contribution >= 0.6 is 11.6 Å². The summed E-state index contributed by atoms with van der Waals surface area (Å²) in [6.45, 7) is 7.32. The number of pyridine rings is 2. The largest absolute Gasteiger partial charge is 0.504 e. The fourth-order valence-corrected chi connectivity index (χ4v) is 4.63. The third-order valence-corrected chi connectivity index (χ3v) is 6.75. The summed E-state index contributed by atoms with van der Waals surface area (Å²) in [5.41, 5.74) is 3.62. The lowest BCUT2D eigenvalue weighted by Gasteiger charge is -2.28. The second kappa shape index (κ2) is 10.3. The first-order valence-corrected chi connectivity index (χ1v) is 12.5. The highest BCUT2D eigenvalue weighted by Crippen LogP contribution is 2.36. The summed E-state index contributed by atoms with van der Waals surface area (Å²) in [6, 6.07) is 12.1. The van der Waals surface area contributed by atoms with E-state index in [0.29, 0.717) is 33.3 Å². The molecule has 37 heavy (non-hydrogen) atoms. The molecule has 1 fully saturated rings. The van der Waals surface area contributed by atoms with E-state index in [2.05, 4.69) is 25.5 Å². The Balaban J connectivity index is 1.59. The van der Waals surface area contributed by atoms with Gasteiger partial charge in [0.1, 0.15) is 5.82 Å². The van der Waals surface area contributed by atoms with Gasteiger partial charge in [0.15, 0.2) is 17.3 Å². The smallest absolute Gasteiger partial charge is 0.170 e. The lowest BCUT2D eigenvalue weighted by molar-refractivity contribution is 0.0940. The quantitative estimate of drug-likeness (QED) is 0.278. The highest BCUT2D eigenvalue weighted by Gasteiger charge is 2.20.